The van der Waals surface area contributed by atoms with E-state index in [4.69, 9.17) is 0 Å². The van der Waals surface area contributed by atoms with E-state index in [0.29, 0.717) is 0 Å². The molecule has 41 nitrogen and oxygen atoms in total. The summed E-state index contributed by atoms with van der Waals surface area (Å²) in [5.74, 6) is 0. The van der Waals surface area contributed by atoms with Crippen LogP contribution in [0.1, 0.15) is 0 Å². The van der Waals surface area contributed by atoms with E-state index in [2.05, 4.69) is 0 Å². The normalized spacial score (nSPS) is 0. The molecule has 0 aromatic heterocycles. The van der Waals surface area contributed by atoms with Crippen LogP contribution >= 0.6 is 0 Å². The molecule has 0 aliphatic heterocycles. The molecule has 0 aromatic carbocycles. The van der Waals surface area contributed by atoms with Gasteiger partial charge in [-0.05, 0) is 0 Å². The molecule has 59 heavy (non-hydrogen) atoms. The molecule has 0 heterocycles. The molecule has 0 aliphatic carbocycles. The standard InChI is InChI=1S/5K.Mn.41H2O.Si.11W/h;;;;;;41*1H2;;;;;;;;;;;;. The maximum atomic E-state index is 0. The van der Waals surface area contributed by atoms with Gasteiger partial charge in [-0.2, -0.15) is 0 Å². The number of hydrogen-bond donors (Lipinski definition) is 0. The zero-order chi connectivity index (χ0) is 0. The van der Waals surface area contributed by atoms with E-state index in [-0.39, 0.29) is 741 Å². The van der Waals surface area contributed by atoms with E-state index < -0.39 is 0 Å². The van der Waals surface area contributed by atoms with E-state index in [9.17, 15) is 0 Å². The SMILES string of the molecule is O.O.O.O.O.O.O.O.O.O.O.O.O.O.O.O.O.O.O.O.O.O.O.O.O.O.O.O.O.O.O.O.O.O.O.O.O.O.O.O.O.[K].[K].[K].[K].[K].[Mn].[Si].[W].[W].[W].[W].[W].[W].[W].[W].[W].[W].[W]. The fourth-order valence-corrected chi connectivity index (χ4v) is 0. The molecule has 10 radical (unpaired) electrons. The summed E-state index contributed by atoms with van der Waals surface area (Å²) in [6.45, 7) is 0. The summed E-state index contributed by atoms with van der Waals surface area (Å²) < 4.78 is 0. The monoisotopic (exact) mass is 3040 g/mol. The molecule has 0 amide bonds. The van der Waals surface area contributed by atoms with Gasteiger partial charge in [-0.1, -0.05) is 0 Å². The zero-order valence-electron chi connectivity index (χ0n) is 30.9. The van der Waals surface area contributed by atoms with Gasteiger partial charge in [0.2, 0.25) is 0 Å². The average Bonchev–Trinajstić information content (AvgIpc) is 0. The quantitative estimate of drug-likeness (QED) is 0.204. The Morgan fingerprint density at radius 2 is 0.0847 bits per heavy atom. The van der Waals surface area contributed by atoms with Gasteiger partial charge in [0, 0.05) is 517 Å². The van der Waals surface area contributed by atoms with Gasteiger partial charge in [-0.25, -0.2) is 0 Å². The van der Waals surface area contributed by atoms with Crippen LogP contribution < -0.4 is 0 Å². The van der Waals surface area contributed by atoms with Crippen molar-refractivity contribution in [1.29, 1.82) is 0 Å². The maximum Gasteiger partial charge on any atom is 0 e. The van der Waals surface area contributed by atoms with Gasteiger partial charge in [0.25, 0.3) is 0 Å². The third-order valence-corrected chi connectivity index (χ3v) is 0. The average molecular weight is 3040 g/mol. The van der Waals surface area contributed by atoms with Gasteiger partial charge in [0.1, 0.15) is 0 Å². The first-order valence-electron chi connectivity index (χ1n) is 0. The predicted octanol–water partition coefficient (Wildman–Crippen LogP) is -36.1. The molecule has 0 saturated heterocycles. The fourth-order valence-electron chi connectivity index (χ4n) is 0. The third-order valence-electron chi connectivity index (χ3n) is 0. The Hall–Kier alpha value is 14.8. The molecule has 59 heteroatoms. The van der Waals surface area contributed by atoms with Gasteiger partial charge in [0.15, 0.2) is 0 Å². The second-order valence-corrected chi connectivity index (χ2v) is 0. The van der Waals surface area contributed by atoms with Crippen molar-refractivity contribution in [3.63, 3.8) is 0 Å². The van der Waals surface area contributed by atoms with Crippen LogP contribution in [-0.4, -0.2) is 492 Å². The van der Waals surface area contributed by atoms with Crippen LogP contribution in [0.4, 0.5) is 0 Å². The Kier molecular flexibility index (Phi) is 51400. The largest absolute Gasteiger partial charge is 0.412 e. The molecule has 0 rings (SSSR count). The smallest absolute Gasteiger partial charge is 0 e. The van der Waals surface area contributed by atoms with Crippen molar-refractivity contribution in [3.05, 3.63) is 0 Å². The predicted molar refractivity (Wildman–Crippen MR) is 183 cm³/mol. The Morgan fingerprint density at radius 3 is 0.0847 bits per heavy atom. The zero-order valence-corrected chi connectivity index (χ0v) is 80.9. The first-order valence-corrected chi connectivity index (χ1v) is 0. The summed E-state index contributed by atoms with van der Waals surface area (Å²) in [5.41, 5.74) is 0. The van der Waals surface area contributed by atoms with Gasteiger partial charge in [-0.3, -0.25) is 0 Å². The minimum absolute atomic E-state index is 0. The summed E-state index contributed by atoms with van der Waals surface area (Å²) in [6, 6.07) is 0. The van der Waals surface area contributed by atoms with Gasteiger partial charge >= 0.3 is 0 Å². The van der Waals surface area contributed by atoms with Crippen molar-refractivity contribution in [2.75, 3.05) is 0 Å². The minimum Gasteiger partial charge on any atom is -0.412 e. The maximum absolute atomic E-state index is 0. The Morgan fingerprint density at radius 1 is 0.0847 bits per heavy atom. The Bertz CT molecular complexity index is 77.8. The van der Waals surface area contributed by atoms with Gasteiger partial charge in [0.05, 0.1) is 0 Å². The first kappa shape index (κ1) is 1780. The molecule has 0 unspecified atom stereocenters. The van der Waals surface area contributed by atoms with E-state index in [1.54, 1.807) is 0 Å². The van der Waals surface area contributed by atoms with Crippen LogP contribution in [0.5, 0.6) is 0 Å². The Balaban J connectivity index is 0. The first-order chi connectivity index (χ1) is 0. The summed E-state index contributed by atoms with van der Waals surface area (Å²) in [5, 5.41) is 0. The second-order valence-electron chi connectivity index (χ2n) is 0. The van der Waals surface area contributed by atoms with Crippen molar-refractivity contribution in [2.45, 2.75) is 0 Å². The van der Waals surface area contributed by atoms with Gasteiger partial charge < -0.3 is 225 Å². The van der Waals surface area contributed by atoms with Crippen molar-refractivity contribution in [2.24, 2.45) is 0 Å². The van der Waals surface area contributed by atoms with Gasteiger partial charge in [-0.15, -0.1) is 0 Å². The molecular weight excluding hydrogens is 2960 g/mol. The minimum atomic E-state index is 0. The summed E-state index contributed by atoms with van der Waals surface area (Å²) >= 11 is 0. The van der Waals surface area contributed by atoms with Crippen molar-refractivity contribution < 1.29 is 473 Å². The molecule has 82 N–H and O–H groups in total. The van der Waals surface area contributed by atoms with Crippen LogP contribution in [-0.2, 0) is 249 Å². The van der Waals surface area contributed by atoms with Crippen LogP contribution in [0.3, 0.4) is 0 Å². The number of rotatable bonds is 0. The van der Waals surface area contributed by atoms with Crippen LogP contribution in [0, 0.1) is 0 Å². The summed E-state index contributed by atoms with van der Waals surface area (Å²) in [4.78, 5) is 0. The van der Waals surface area contributed by atoms with Crippen LogP contribution in [0.25, 0.3) is 0 Å². The molecule has 410 valence electrons. The summed E-state index contributed by atoms with van der Waals surface area (Å²) in [6.07, 6.45) is 0. The van der Waals surface area contributed by atoms with Crippen molar-refractivity contribution in [1.82, 2.24) is 0 Å². The second kappa shape index (κ2) is 1710. The van der Waals surface area contributed by atoms with E-state index in [0.717, 1.165) is 0 Å². The molecule has 0 aliphatic rings. The van der Waals surface area contributed by atoms with Crippen molar-refractivity contribution >= 4 is 268 Å². The summed E-state index contributed by atoms with van der Waals surface area (Å²) in [7, 11) is 0. The topological polar surface area (TPSA) is 1290 Å². The molecule has 0 spiro atoms. The van der Waals surface area contributed by atoms with Crippen LogP contribution in [0.2, 0.25) is 0 Å². The Labute approximate surface area is 722 Å². The molecular formula is H82K5MnO41SiW11. The fraction of sp³-hybridized carbons (Fsp3) is 0. The molecule has 0 saturated carbocycles. The third kappa shape index (κ3) is 1660. The molecule has 0 atom stereocenters. The van der Waals surface area contributed by atoms with Crippen LogP contribution in [0.15, 0.2) is 0 Å². The molecule has 0 aromatic rings. The van der Waals surface area contributed by atoms with Crippen molar-refractivity contribution in [3.8, 4) is 0 Å². The van der Waals surface area contributed by atoms with E-state index in [1.165, 1.54) is 0 Å². The van der Waals surface area contributed by atoms with E-state index >= 15 is 0 Å². The number of hydrogen-bond acceptors (Lipinski definition) is 0. The van der Waals surface area contributed by atoms with E-state index in [1.807, 2.05) is 0 Å². The molecule has 0 bridgehead atoms. The molecule has 0 fully saturated rings.